The van der Waals surface area contributed by atoms with Gasteiger partial charge in [-0.3, -0.25) is 24.8 Å². The van der Waals surface area contributed by atoms with Crippen LogP contribution in [0.25, 0.3) is 11.3 Å². The molecule has 152 valence electrons. The van der Waals surface area contributed by atoms with E-state index in [2.05, 4.69) is 15.2 Å². The van der Waals surface area contributed by atoms with Gasteiger partial charge in [0.1, 0.15) is 12.4 Å². The number of rotatable bonds is 8. The molecule has 3 rings (SSSR count). The van der Waals surface area contributed by atoms with Crippen molar-refractivity contribution < 1.29 is 18.3 Å². The zero-order valence-electron chi connectivity index (χ0n) is 16.3. The molecule has 0 saturated heterocycles. The van der Waals surface area contributed by atoms with Crippen LogP contribution in [0.4, 0.5) is 14.6 Å². The second kappa shape index (κ2) is 8.76. The van der Waals surface area contributed by atoms with Gasteiger partial charge in [-0.15, -0.1) is 0 Å². The predicted octanol–water partition coefficient (Wildman–Crippen LogP) is 3.85. The molecule has 3 aromatic rings. The summed E-state index contributed by atoms with van der Waals surface area (Å²) in [6, 6.07) is 4.83. The predicted molar refractivity (Wildman–Crippen MR) is 104 cm³/mol. The Hall–Kier alpha value is -3.36. The third-order valence-electron chi connectivity index (χ3n) is 4.63. The first kappa shape index (κ1) is 20.4. The Morgan fingerprint density at radius 2 is 2.07 bits per heavy atom. The Balaban J connectivity index is 1.98. The van der Waals surface area contributed by atoms with E-state index < -0.39 is 13.0 Å². The number of amides is 1. The lowest BCUT2D eigenvalue weighted by molar-refractivity contribution is -0.107. The fourth-order valence-electron chi connectivity index (χ4n) is 2.98. The van der Waals surface area contributed by atoms with Gasteiger partial charge < -0.3 is 4.74 Å². The van der Waals surface area contributed by atoms with Crippen LogP contribution in [-0.2, 0) is 4.79 Å². The van der Waals surface area contributed by atoms with Gasteiger partial charge in [-0.1, -0.05) is 0 Å². The molecule has 9 heteroatoms. The monoisotopic (exact) mass is 401 g/mol. The summed E-state index contributed by atoms with van der Waals surface area (Å²) in [4.78, 5) is 22.0. The van der Waals surface area contributed by atoms with Gasteiger partial charge in [0.25, 0.3) is 6.43 Å². The van der Waals surface area contributed by atoms with Gasteiger partial charge in [0, 0.05) is 24.0 Å². The summed E-state index contributed by atoms with van der Waals surface area (Å²) >= 11 is 0. The summed E-state index contributed by atoms with van der Waals surface area (Å²) in [5.41, 5.74) is 3.86. The van der Waals surface area contributed by atoms with Crippen LogP contribution in [0.5, 0.6) is 5.75 Å². The number of pyridine rings is 2. The lowest BCUT2D eigenvalue weighted by Crippen LogP contribution is -2.27. The zero-order chi connectivity index (χ0) is 21.0. The van der Waals surface area contributed by atoms with Crippen molar-refractivity contribution in [1.29, 1.82) is 0 Å². The number of anilines is 1. The molecule has 29 heavy (non-hydrogen) atoms. The molecule has 1 amide bonds. The molecular weight excluding hydrogens is 380 g/mol. The molecule has 7 nitrogen and oxygen atoms in total. The van der Waals surface area contributed by atoms with Crippen molar-refractivity contribution >= 4 is 12.2 Å². The molecule has 0 spiro atoms. The van der Waals surface area contributed by atoms with Gasteiger partial charge in [-0.05, 0) is 44.0 Å². The number of alkyl halides is 2. The van der Waals surface area contributed by atoms with Crippen LogP contribution < -0.4 is 9.64 Å². The molecule has 0 aliphatic rings. The maximum absolute atomic E-state index is 12.4. The van der Waals surface area contributed by atoms with Crippen molar-refractivity contribution in [1.82, 2.24) is 20.2 Å². The van der Waals surface area contributed by atoms with E-state index in [4.69, 9.17) is 9.72 Å². The van der Waals surface area contributed by atoms with Gasteiger partial charge in [0.05, 0.1) is 23.6 Å². The van der Waals surface area contributed by atoms with E-state index in [1.165, 1.54) is 11.1 Å². The smallest absolute Gasteiger partial charge is 0.272 e. The second-order valence-corrected chi connectivity index (χ2v) is 6.57. The standard InChI is InChI=1S/C20H21F2N5O2/c1-12-6-17(15-7-16(9-23-8-15)29-10-18(21)22)25-20(13(12)2)14(3)27(11-28)19-4-5-24-26-19/h4-9,11,14,18H,10H2,1-3H3,(H,24,26). The van der Waals surface area contributed by atoms with Crippen molar-refractivity contribution in [3.8, 4) is 17.0 Å². The summed E-state index contributed by atoms with van der Waals surface area (Å²) in [5.74, 6) is 0.726. The van der Waals surface area contributed by atoms with Crippen LogP contribution in [0.3, 0.4) is 0 Å². The molecule has 1 unspecified atom stereocenters. The summed E-state index contributed by atoms with van der Waals surface area (Å²) in [6.07, 6.45) is 2.75. The van der Waals surface area contributed by atoms with Crippen LogP contribution in [0.2, 0.25) is 0 Å². The third-order valence-corrected chi connectivity index (χ3v) is 4.63. The largest absolute Gasteiger partial charge is 0.486 e. The highest BCUT2D eigenvalue weighted by molar-refractivity contribution is 5.74. The fraction of sp³-hybridized carbons (Fsp3) is 0.300. The highest BCUT2D eigenvalue weighted by Gasteiger charge is 2.22. The maximum atomic E-state index is 12.4. The number of halogens is 2. The summed E-state index contributed by atoms with van der Waals surface area (Å²) in [7, 11) is 0. The Bertz CT molecular complexity index is 979. The zero-order valence-corrected chi connectivity index (χ0v) is 16.3. The topological polar surface area (TPSA) is 84.0 Å². The van der Waals surface area contributed by atoms with Crippen molar-refractivity contribution in [3.05, 3.63) is 53.6 Å². The quantitative estimate of drug-likeness (QED) is 0.580. The van der Waals surface area contributed by atoms with Crippen molar-refractivity contribution in [3.63, 3.8) is 0 Å². The molecule has 0 saturated carbocycles. The van der Waals surface area contributed by atoms with E-state index in [1.807, 2.05) is 26.8 Å². The minimum absolute atomic E-state index is 0.239. The van der Waals surface area contributed by atoms with E-state index in [1.54, 1.807) is 24.5 Å². The van der Waals surface area contributed by atoms with Crippen LogP contribution in [0.15, 0.2) is 36.8 Å². The minimum atomic E-state index is -2.57. The van der Waals surface area contributed by atoms with Crippen molar-refractivity contribution in [2.24, 2.45) is 0 Å². The number of aromatic nitrogens is 4. The fourth-order valence-corrected chi connectivity index (χ4v) is 2.98. The Morgan fingerprint density at radius 3 is 2.72 bits per heavy atom. The number of nitrogens with one attached hydrogen (secondary N) is 1. The van der Waals surface area contributed by atoms with Crippen molar-refractivity contribution in [2.75, 3.05) is 11.5 Å². The SMILES string of the molecule is Cc1cc(-c2cncc(OCC(F)F)c2)nc(C(C)N(C=O)c2cc[nH]n2)c1C. The third kappa shape index (κ3) is 4.56. The number of hydrogen-bond acceptors (Lipinski definition) is 5. The average Bonchev–Trinajstić information content (AvgIpc) is 3.23. The van der Waals surface area contributed by atoms with E-state index in [-0.39, 0.29) is 11.8 Å². The van der Waals surface area contributed by atoms with Gasteiger partial charge in [-0.25, -0.2) is 8.78 Å². The summed E-state index contributed by atoms with van der Waals surface area (Å²) in [6.45, 7) is 5.04. The Kier molecular flexibility index (Phi) is 6.16. The highest BCUT2D eigenvalue weighted by atomic mass is 19.3. The van der Waals surface area contributed by atoms with E-state index in [0.29, 0.717) is 29.2 Å². The number of aryl methyl sites for hydroxylation is 1. The number of H-pyrrole nitrogens is 1. The van der Waals surface area contributed by atoms with Crippen LogP contribution in [0.1, 0.15) is 29.8 Å². The molecule has 0 fully saturated rings. The van der Waals surface area contributed by atoms with Crippen molar-refractivity contribution in [2.45, 2.75) is 33.2 Å². The molecule has 0 aliphatic carbocycles. The molecule has 1 atom stereocenters. The number of hydrogen-bond donors (Lipinski definition) is 1. The molecule has 3 heterocycles. The summed E-state index contributed by atoms with van der Waals surface area (Å²) < 4.78 is 29.9. The number of ether oxygens (including phenoxy) is 1. The van der Waals surface area contributed by atoms with E-state index in [0.717, 1.165) is 11.1 Å². The van der Waals surface area contributed by atoms with E-state index in [9.17, 15) is 13.6 Å². The number of aromatic amines is 1. The molecule has 0 aromatic carbocycles. The van der Waals surface area contributed by atoms with Crippen LogP contribution in [-0.4, -0.2) is 39.6 Å². The highest BCUT2D eigenvalue weighted by Crippen LogP contribution is 2.30. The molecule has 0 bridgehead atoms. The van der Waals surface area contributed by atoms with E-state index >= 15 is 0 Å². The second-order valence-electron chi connectivity index (χ2n) is 6.57. The van der Waals surface area contributed by atoms with Crippen LogP contribution in [0, 0.1) is 13.8 Å². The lowest BCUT2D eigenvalue weighted by Gasteiger charge is -2.25. The first-order chi connectivity index (χ1) is 13.9. The lowest BCUT2D eigenvalue weighted by atomic mass is 10.0. The summed E-state index contributed by atoms with van der Waals surface area (Å²) in [5, 5.41) is 6.76. The number of nitrogens with zero attached hydrogens (tertiary/aromatic N) is 4. The van der Waals surface area contributed by atoms with Gasteiger partial charge in [0.15, 0.2) is 5.82 Å². The molecule has 0 aliphatic heterocycles. The normalized spacial score (nSPS) is 12.1. The van der Waals surface area contributed by atoms with Crippen LogP contribution >= 0.6 is 0 Å². The first-order valence-electron chi connectivity index (χ1n) is 8.98. The molecular formula is C20H21F2N5O2. The van der Waals surface area contributed by atoms with Gasteiger partial charge in [0.2, 0.25) is 6.41 Å². The first-order valence-corrected chi connectivity index (χ1v) is 8.98. The average molecular weight is 401 g/mol. The molecule has 1 N–H and O–H groups in total. The minimum Gasteiger partial charge on any atom is -0.486 e. The Morgan fingerprint density at radius 1 is 1.28 bits per heavy atom. The van der Waals surface area contributed by atoms with Gasteiger partial charge in [-0.2, -0.15) is 5.10 Å². The Labute approximate surface area is 166 Å². The van der Waals surface area contributed by atoms with Gasteiger partial charge >= 0.3 is 0 Å². The molecule has 0 radical (unpaired) electrons. The molecule has 3 aromatic heterocycles. The number of carbonyl (C=O) groups excluding carboxylic acids is 1. The maximum Gasteiger partial charge on any atom is 0.272 e. The number of carbonyl (C=O) groups is 1.